The van der Waals surface area contributed by atoms with Crippen LogP contribution < -0.4 is 4.90 Å². The normalized spacial score (nSPS) is 15.4. The molecule has 3 aliphatic carbocycles. The van der Waals surface area contributed by atoms with Crippen molar-refractivity contribution in [1.82, 2.24) is 0 Å². The topological polar surface area (TPSA) is 3.24 Å². The number of para-hydroxylation sites is 1. The van der Waals surface area contributed by atoms with E-state index in [1.54, 1.807) is 0 Å². The van der Waals surface area contributed by atoms with E-state index < -0.39 is 5.41 Å². The molecule has 0 aliphatic heterocycles. The quantitative estimate of drug-likeness (QED) is 0.169. The molecule has 0 unspecified atom stereocenters. The van der Waals surface area contributed by atoms with Crippen LogP contribution in [0.4, 0.5) is 17.1 Å². The van der Waals surface area contributed by atoms with Crippen LogP contribution in [0.5, 0.6) is 0 Å². The maximum Gasteiger partial charge on any atom is 0.0733 e. The van der Waals surface area contributed by atoms with Crippen molar-refractivity contribution in [2.75, 3.05) is 4.90 Å². The Hall–Kier alpha value is -6.96. The van der Waals surface area contributed by atoms with Gasteiger partial charge in [0.1, 0.15) is 0 Å². The van der Waals surface area contributed by atoms with Crippen molar-refractivity contribution >= 4 is 27.8 Å². The Morgan fingerprint density at radius 1 is 0.350 bits per heavy atom. The number of hydrogen-bond acceptors (Lipinski definition) is 1. The molecule has 60 heavy (non-hydrogen) atoms. The van der Waals surface area contributed by atoms with E-state index in [-0.39, 0.29) is 10.8 Å². The van der Waals surface area contributed by atoms with E-state index in [4.69, 9.17) is 0 Å². The standard InChI is InChI=1S/C59H45N/c1-57(2)47-28-14-10-24-42(47)45-35-34-40(37-52(45)57)60(56-41-23-9-8-20-38(41)36-53-55(56)46-27-13-15-29-48(46)58(53,3)4)54-33-19-18-32-51(54)59(39-21-6-5-7-22-39)49-30-16-11-25-43(49)44-26-12-17-31-50(44)59/h5-37H,1-4H3. The summed E-state index contributed by atoms with van der Waals surface area (Å²) >= 11 is 0. The van der Waals surface area contributed by atoms with Gasteiger partial charge in [-0.15, -0.1) is 0 Å². The molecule has 0 fully saturated rings. The van der Waals surface area contributed by atoms with Crippen LogP contribution in [0.3, 0.4) is 0 Å². The van der Waals surface area contributed by atoms with Crippen LogP contribution in [-0.2, 0) is 16.2 Å². The second-order valence-electron chi connectivity index (χ2n) is 18.0. The molecule has 0 N–H and O–H groups in total. The fourth-order valence-electron chi connectivity index (χ4n) is 11.6. The monoisotopic (exact) mass is 767 g/mol. The molecule has 1 heteroatoms. The van der Waals surface area contributed by atoms with Gasteiger partial charge in [0.05, 0.1) is 16.8 Å². The first-order chi connectivity index (χ1) is 29.3. The third kappa shape index (κ3) is 4.53. The van der Waals surface area contributed by atoms with Crippen molar-refractivity contribution in [2.24, 2.45) is 0 Å². The van der Waals surface area contributed by atoms with Gasteiger partial charge in [0, 0.05) is 27.5 Å². The third-order valence-electron chi connectivity index (χ3n) is 14.3. The molecule has 0 radical (unpaired) electrons. The summed E-state index contributed by atoms with van der Waals surface area (Å²) in [6.45, 7) is 9.59. The SMILES string of the molecule is CC1(C)c2ccccc2-c2ccc(N(c3ccccc3C3(c4ccccc4)c4ccccc4-c4ccccc43)c3c4c(cc5ccccc35)C(C)(C)c3ccccc3-4)cc21. The Kier molecular flexibility index (Phi) is 7.31. The molecule has 0 saturated heterocycles. The molecule has 286 valence electrons. The van der Waals surface area contributed by atoms with Crippen LogP contribution in [0.15, 0.2) is 200 Å². The molecule has 3 aliphatic rings. The lowest BCUT2D eigenvalue weighted by Crippen LogP contribution is -2.31. The molecule has 1 nitrogen and oxygen atoms in total. The zero-order chi connectivity index (χ0) is 40.4. The number of rotatable bonds is 5. The van der Waals surface area contributed by atoms with E-state index >= 15 is 0 Å². The molecule has 0 heterocycles. The first-order valence-corrected chi connectivity index (χ1v) is 21.4. The maximum absolute atomic E-state index is 2.66. The van der Waals surface area contributed by atoms with Crippen LogP contribution in [0.2, 0.25) is 0 Å². The van der Waals surface area contributed by atoms with E-state index in [0.29, 0.717) is 0 Å². The van der Waals surface area contributed by atoms with Gasteiger partial charge in [-0.25, -0.2) is 0 Å². The lowest BCUT2D eigenvalue weighted by atomic mass is 9.67. The van der Waals surface area contributed by atoms with Crippen LogP contribution in [-0.4, -0.2) is 0 Å². The lowest BCUT2D eigenvalue weighted by Gasteiger charge is -2.39. The number of anilines is 3. The Balaban J connectivity index is 1.25. The highest BCUT2D eigenvalue weighted by Crippen LogP contribution is 2.62. The Labute approximate surface area is 353 Å². The highest BCUT2D eigenvalue weighted by Gasteiger charge is 2.48. The molecule has 0 saturated carbocycles. The minimum Gasteiger partial charge on any atom is -0.309 e. The summed E-state index contributed by atoms with van der Waals surface area (Å²) < 4.78 is 0. The van der Waals surface area contributed by atoms with Crippen molar-refractivity contribution in [1.29, 1.82) is 0 Å². The summed E-state index contributed by atoms with van der Waals surface area (Å²) in [5.41, 5.74) is 21.1. The number of fused-ring (bicyclic) bond motifs is 10. The lowest BCUT2D eigenvalue weighted by molar-refractivity contribution is 0.660. The van der Waals surface area contributed by atoms with Gasteiger partial charge in [-0.05, 0) is 102 Å². The van der Waals surface area contributed by atoms with E-state index in [9.17, 15) is 0 Å². The first-order valence-electron chi connectivity index (χ1n) is 21.4. The molecule has 9 aromatic rings. The molecule has 0 bridgehead atoms. The van der Waals surface area contributed by atoms with Crippen LogP contribution in [0, 0.1) is 0 Å². The molecular formula is C59H45N. The molecule has 0 amide bonds. The van der Waals surface area contributed by atoms with E-state index in [1.807, 2.05) is 0 Å². The summed E-state index contributed by atoms with van der Waals surface area (Å²) in [5, 5.41) is 2.49. The number of nitrogens with zero attached hydrogens (tertiary/aromatic N) is 1. The molecule has 9 aromatic carbocycles. The Bertz CT molecular complexity index is 3170. The van der Waals surface area contributed by atoms with Crippen molar-refractivity contribution in [3.63, 3.8) is 0 Å². The maximum atomic E-state index is 2.66. The van der Waals surface area contributed by atoms with Crippen molar-refractivity contribution < 1.29 is 0 Å². The van der Waals surface area contributed by atoms with Crippen LogP contribution in [0.1, 0.15) is 72.2 Å². The minimum atomic E-state index is -0.597. The van der Waals surface area contributed by atoms with Crippen molar-refractivity contribution in [3.8, 4) is 33.4 Å². The van der Waals surface area contributed by atoms with E-state index in [1.165, 1.54) is 100 Å². The summed E-state index contributed by atoms with van der Waals surface area (Å²) in [5.74, 6) is 0. The van der Waals surface area contributed by atoms with Gasteiger partial charge >= 0.3 is 0 Å². The third-order valence-corrected chi connectivity index (χ3v) is 14.3. The van der Waals surface area contributed by atoms with Gasteiger partial charge in [0.2, 0.25) is 0 Å². The van der Waals surface area contributed by atoms with Gasteiger partial charge < -0.3 is 4.90 Å². The molecule has 0 atom stereocenters. The van der Waals surface area contributed by atoms with E-state index in [0.717, 1.165) is 5.69 Å². The second kappa shape index (κ2) is 12.5. The molecular weight excluding hydrogens is 723 g/mol. The highest BCUT2D eigenvalue weighted by molar-refractivity contribution is 6.10. The van der Waals surface area contributed by atoms with Gasteiger partial charge in [-0.2, -0.15) is 0 Å². The Morgan fingerprint density at radius 3 is 1.52 bits per heavy atom. The van der Waals surface area contributed by atoms with E-state index in [2.05, 4.69) is 233 Å². The molecule has 12 rings (SSSR count). The average molecular weight is 768 g/mol. The minimum absolute atomic E-state index is 0.170. The number of benzene rings is 9. The van der Waals surface area contributed by atoms with Gasteiger partial charge in [-0.3, -0.25) is 0 Å². The zero-order valence-electron chi connectivity index (χ0n) is 34.5. The number of hydrogen-bond donors (Lipinski definition) is 0. The van der Waals surface area contributed by atoms with Crippen LogP contribution >= 0.6 is 0 Å². The molecule has 0 aromatic heterocycles. The summed E-state index contributed by atoms with van der Waals surface area (Å²) in [4.78, 5) is 2.66. The zero-order valence-corrected chi connectivity index (χ0v) is 34.5. The average Bonchev–Trinajstić information content (AvgIpc) is 3.81. The second-order valence-corrected chi connectivity index (χ2v) is 18.0. The largest absolute Gasteiger partial charge is 0.309 e. The summed E-state index contributed by atoms with van der Waals surface area (Å²) in [6, 6.07) is 75.6. The highest BCUT2D eigenvalue weighted by atomic mass is 15.2. The predicted molar refractivity (Wildman–Crippen MR) is 251 cm³/mol. The predicted octanol–water partition coefficient (Wildman–Crippen LogP) is 15.3. The van der Waals surface area contributed by atoms with Crippen molar-refractivity contribution in [3.05, 3.63) is 245 Å². The van der Waals surface area contributed by atoms with Crippen molar-refractivity contribution in [2.45, 2.75) is 43.9 Å². The van der Waals surface area contributed by atoms with Gasteiger partial charge in [0.15, 0.2) is 0 Å². The summed E-state index contributed by atoms with van der Waals surface area (Å²) in [6.07, 6.45) is 0. The van der Waals surface area contributed by atoms with Crippen LogP contribution in [0.25, 0.3) is 44.2 Å². The molecule has 0 spiro atoms. The van der Waals surface area contributed by atoms with Gasteiger partial charge in [-0.1, -0.05) is 204 Å². The fourth-order valence-corrected chi connectivity index (χ4v) is 11.6. The fraction of sp³-hybridized carbons (Fsp3) is 0.119. The van der Waals surface area contributed by atoms with Gasteiger partial charge in [0.25, 0.3) is 0 Å². The first kappa shape index (κ1) is 35.0. The summed E-state index contributed by atoms with van der Waals surface area (Å²) in [7, 11) is 0. The Morgan fingerprint density at radius 2 is 0.833 bits per heavy atom. The smallest absolute Gasteiger partial charge is 0.0733 e.